The first-order chi connectivity index (χ1) is 9.96. The molecule has 1 aliphatic carbocycles. The molecule has 0 aliphatic heterocycles. The zero-order valence-corrected chi connectivity index (χ0v) is 13.5. The van der Waals surface area contributed by atoms with Gasteiger partial charge in [0.15, 0.2) is 0 Å². The van der Waals surface area contributed by atoms with Gasteiger partial charge in [-0.25, -0.2) is 12.7 Å². The Kier molecular flexibility index (Phi) is 5.04. The van der Waals surface area contributed by atoms with Crippen LogP contribution in [0.2, 0.25) is 0 Å². The lowest BCUT2D eigenvalue weighted by Crippen LogP contribution is -2.45. The molecule has 0 bridgehead atoms. The second-order valence-corrected chi connectivity index (χ2v) is 7.47. The van der Waals surface area contributed by atoms with E-state index in [9.17, 15) is 13.2 Å². The van der Waals surface area contributed by atoms with Gasteiger partial charge in [0.25, 0.3) is 10.0 Å². The van der Waals surface area contributed by atoms with E-state index in [0.29, 0.717) is 0 Å². The maximum absolute atomic E-state index is 12.8. The summed E-state index contributed by atoms with van der Waals surface area (Å²) in [7, 11) is -3.74. The summed E-state index contributed by atoms with van der Waals surface area (Å²) < 4.78 is 26.8. The molecular formula is C16H23NO3S. The summed E-state index contributed by atoms with van der Waals surface area (Å²) in [6.07, 6.45) is 4.85. The van der Waals surface area contributed by atoms with Gasteiger partial charge in [-0.1, -0.05) is 43.9 Å². The van der Waals surface area contributed by atoms with Crippen molar-refractivity contribution in [2.45, 2.75) is 63.3 Å². The van der Waals surface area contributed by atoms with Gasteiger partial charge in [0.1, 0.15) is 0 Å². The van der Waals surface area contributed by atoms with Crippen molar-refractivity contribution in [2.24, 2.45) is 0 Å². The first-order valence-corrected chi connectivity index (χ1v) is 9.04. The van der Waals surface area contributed by atoms with E-state index < -0.39 is 10.0 Å². The zero-order chi connectivity index (χ0) is 15.5. The molecule has 2 rings (SSSR count). The molecule has 1 fully saturated rings. The molecule has 116 valence electrons. The van der Waals surface area contributed by atoms with Gasteiger partial charge in [-0.3, -0.25) is 4.79 Å². The third-order valence-electron chi connectivity index (χ3n) is 4.03. The first kappa shape index (κ1) is 16.0. The topological polar surface area (TPSA) is 54.5 Å². The van der Waals surface area contributed by atoms with Gasteiger partial charge < -0.3 is 0 Å². The summed E-state index contributed by atoms with van der Waals surface area (Å²) in [5.74, 6) is -0.303. The largest absolute Gasteiger partial charge is 0.274 e. The molecule has 21 heavy (non-hydrogen) atoms. The van der Waals surface area contributed by atoms with Gasteiger partial charge in [0.05, 0.1) is 4.90 Å². The predicted octanol–water partition coefficient (Wildman–Crippen LogP) is 3.26. The molecule has 1 saturated carbocycles. The summed E-state index contributed by atoms with van der Waals surface area (Å²) in [6.45, 7) is 3.62. The van der Waals surface area contributed by atoms with Crippen LogP contribution in [0.5, 0.6) is 0 Å². The standard InChI is InChI=1S/C16H23NO3S/c1-3-16(18)17(14-7-5-4-6-8-14)21(19,20)15-11-9-13(2)10-12-15/h9-12,14H,3-8H2,1-2H3. The van der Waals surface area contributed by atoms with Gasteiger partial charge in [0.2, 0.25) is 5.91 Å². The number of carbonyl (C=O) groups excluding carboxylic acids is 1. The first-order valence-electron chi connectivity index (χ1n) is 7.60. The highest BCUT2D eigenvalue weighted by atomic mass is 32.2. The van der Waals surface area contributed by atoms with Crippen LogP contribution in [0, 0.1) is 6.92 Å². The molecule has 1 aromatic rings. The zero-order valence-electron chi connectivity index (χ0n) is 12.7. The van der Waals surface area contributed by atoms with Crippen LogP contribution < -0.4 is 0 Å². The average Bonchev–Trinajstić information content (AvgIpc) is 2.48. The van der Waals surface area contributed by atoms with Crippen LogP contribution in [0.25, 0.3) is 0 Å². The Morgan fingerprint density at radius 2 is 1.71 bits per heavy atom. The Morgan fingerprint density at radius 1 is 1.14 bits per heavy atom. The van der Waals surface area contributed by atoms with E-state index in [-0.39, 0.29) is 23.3 Å². The number of amides is 1. The van der Waals surface area contributed by atoms with Gasteiger partial charge in [-0.2, -0.15) is 0 Å². The Labute approximate surface area is 127 Å². The number of carbonyl (C=O) groups is 1. The summed E-state index contributed by atoms with van der Waals surface area (Å²) >= 11 is 0. The van der Waals surface area contributed by atoms with E-state index in [2.05, 4.69) is 0 Å². The smallest absolute Gasteiger partial charge is 0.266 e. The van der Waals surface area contributed by atoms with Crippen LogP contribution in [-0.4, -0.2) is 24.7 Å². The molecule has 0 atom stereocenters. The molecule has 0 spiro atoms. The highest BCUT2D eigenvalue weighted by molar-refractivity contribution is 7.89. The number of sulfonamides is 1. The second kappa shape index (κ2) is 6.60. The third-order valence-corrected chi connectivity index (χ3v) is 5.92. The molecule has 4 nitrogen and oxygen atoms in total. The molecular weight excluding hydrogens is 286 g/mol. The number of nitrogens with zero attached hydrogens (tertiary/aromatic N) is 1. The van der Waals surface area contributed by atoms with E-state index in [1.807, 2.05) is 6.92 Å². The van der Waals surface area contributed by atoms with E-state index in [1.165, 1.54) is 0 Å². The summed E-state index contributed by atoms with van der Waals surface area (Å²) in [5, 5.41) is 0. The molecule has 0 radical (unpaired) electrons. The minimum Gasteiger partial charge on any atom is -0.274 e. The van der Waals surface area contributed by atoms with Crippen LogP contribution in [0.1, 0.15) is 51.0 Å². The second-order valence-electron chi connectivity index (χ2n) is 5.65. The maximum atomic E-state index is 12.8. The van der Waals surface area contributed by atoms with Crippen LogP contribution in [0.15, 0.2) is 29.2 Å². The van der Waals surface area contributed by atoms with Gasteiger partial charge in [-0.05, 0) is 31.9 Å². The molecule has 0 unspecified atom stereocenters. The van der Waals surface area contributed by atoms with Crippen molar-refractivity contribution in [1.82, 2.24) is 4.31 Å². The van der Waals surface area contributed by atoms with Crippen molar-refractivity contribution in [2.75, 3.05) is 0 Å². The molecule has 1 aromatic carbocycles. The van der Waals surface area contributed by atoms with Crippen molar-refractivity contribution in [1.29, 1.82) is 0 Å². The lowest BCUT2D eigenvalue weighted by atomic mass is 9.95. The van der Waals surface area contributed by atoms with E-state index in [1.54, 1.807) is 31.2 Å². The van der Waals surface area contributed by atoms with Crippen LogP contribution in [0.3, 0.4) is 0 Å². The minimum atomic E-state index is -3.74. The average molecular weight is 309 g/mol. The van der Waals surface area contributed by atoms with Crippen LogP contribution in [-0.2, 0) is 14.8 Å². The molecule has 0 saturated heterocycles. The fraction of sp³-hybridized carbons (Fsp3) is 0.562. The monoisotopic (exact) mass is 309 g/mol. The van der Waals surface area contributed by atoms with E-state index >= 15 is 0 Å². The molecule has 5 heteroatoms. The Bertz CT molecular complexity index is 586. The molecule has 0 heterocycles. The predicted molar refractivity (Wildman–Crippen MR) is 82.4 cm³/mol. The number of aryl methyl sites for hydroxylation is 1. The molecule has 1 amide bonds. The van der Waals surface area contributed by atoms with Gasteiger partial charge in [0, 0.05) is 12.5 Å². The normalized spacial score (nSPS) is 16.7. The maximum Gasteiger partial charge on any atom is 0.266 e. The van der Waals surface area contributed by atoms with Crippen LogP contribution in [0.4, 0.5) is 0 Å². The number of benzene rings is 1. The van der Waals surface area contributed by atoms with E-state index in [4.69, 9.17) is 0 Å². The van der Waals surface area contributed by atoms with Crippen molar-refractivity contribution >= 4 is 15.9 Å². The minimum absolute atomic E-state index is 0.183. The number of hydrogen-bond donors (Lipinski definition) is 0. The highest BCUT2D eigenvalue weighted by Gasteiger charge is 2.35. The summed E-state index contributed by atoms with van der Waals surface area (Å²) in [4.78, 5) is 12.5. The molecule has 0 aromatic heterocycles. The lowest BCUT2D eigenvalue weighted by Gasteiger charge is -2.33. The van der Waals surface area contributed by atoms with E-state index in [0.717, 1.165) is 42.0 Å². The summed E-state index contributed by atoms with van der Waals surface area (Å²) in [6, 6.07) is 6.52. The highest BCUT2D eigenvalue weighted by Crippen LogP contribution is 2.28. The fourth-order valence-electron chi connectivity index (χ4n) is 2.83. The van der Waals surface area contributed by atoms with Crippen molar-refractivity contribution in [3.05, 3.63) is 29.8 Å². The number of hydrogen-bond acceptors (Lipinski definition) is 3. The third kappa shape index (κ3) is 3.46. The van der Waals surface area contributed by atoms with Gasteiger partial charge >= 0.3 is 0 Å². The van der Waals surface area contributed by atoms with Crippen LogP contribution >= 0.6 is 0 Å². The van der Waals surface area contributed by atoms with Crippen molar-refractivity contribution < 1.29 is 13.2 Å². The fourth-order valence-corrected chi connectivity index (χ4v) is 4.54. The van der Waals surface area contributed by atoms with Crippen molar-refractivity contribution in [3.8, 4) is 0 Å². The lowest BCUT2D eigenvalue weighted by molar-refractivity contribution is -0.128. The quantitative estimate of drug-likeness (QED) is 0.858. The Balaban J connectivity index is 2.38. The molecule has 0 N–H and O–H groups in total. The molecule has 1 aliphatic rings. The van der Waals surface area contributed by atoms with Crippen molar-refractivity contribution in [3.63, 3.8) is 0 Å². The van der Waals surface area contributed by atoms with Gasteiger partial charge in [-0.15, -0.1) is 0 Å². The summed E-state index contributed by atoms with van der Waals surface area (Å²) in [5.41, 5.74) is 1.000. The number of rotatable bonds is 4. The SMILES string of the molecule is CCC(=O)N(C1CCCCC1)S(=O)(=O)c1ccc(C)cc1. The Hall–Kier alpha value is -1.36. The Morgan fingerprint density at radius 3 is 2.24 bits per heavy atom.